The van der Waals surface area contributed by atoms with Crippen LogP contribution in [0.5, 0.6) is 0 Å². The Morgan fingerprint density at radius 2 is 2.33 bits per heavy atom. The van der Waals surface area contributed by atoms with Gasteiger partial charge in [-0.05, 0) is 50.9 Å². The molecule has 0 saturated carbocycles. The molecule has 0 radical (unpaired) electrons. The molecule has 1 N–H and O–H groups in total. The summed E-state index contributed by atoms with van der Waals surface area (Å²) in [6, 6.07) is 1.71. The highest BCUT2D eigenvalue weighted by Crippen LogP contribution is 2.21. The molecule has 0 bridgehead atoms. The molecule has 1 saturated heterocycles. The average Bonchev–Trinajstić information content (AvgIpc) is 2.66. The Morgan fingerprint density at radius 3 is 2.89 bits per heavy atom. The van der Waals surface area contributed by atoms with Crippen molar-refractivity contribution in [3.63, 3.8) is 0 Å². The van der Waals surface area contributed by atoms with Crippen LogP contribution in [0.1, 0.15) is 28.0 Å². The summed E-state index contributed by atoms with van der Waals surface area (Å²) in [6.07, 6.45) is 3.65. The summed E-state index contributed by atoms with van der Waals surface area (Å²) in [5.74, 6) is -0.337. The number of aromatic nitrogens is 1. The number of hydrogen-bond donors (Lipinski definition) is 1. The fourth-order valence-corrected chi connectivity index (χ4v) is 2.41. The van der Waals surface area contributed by atoms with Crippen LogP contribution in [0.3, 0.4) is 0 Å². The van der Waals surface area contributed by atoms with E-state index in [0.29, 0.717) is 11.5 Å². The standard InChI is InChI=1S/C13H18N2O2.ClH/c1-9-5-11(13(16)17)12(14-7-9)6-10-3-4-15(2)8-10;/h5,7,10H,3-4,6,8H2,1-2H3,(H,16,17);1H. The molecule has 0 amide bonds. The third-order valence-electron chi connectivity index (χ3n) is 3.31. The average molecular weight is 271 g/mol. The molecule has 1 aromatic heterocycles. The maximum atomic E-state index is 11.2. The van der Waals surface area contributed by atoms with E-state index in [9.17, 15) is 4.79 Å². The quantitative estimate of drug-likeness (QED) is 0.913. The van der Waals surface area contributed by atoms with Crippen molar-refractivity contribution in [2.45, 2.75) is 19.8 Å². The number of carbonyl (C=O) groups is 1. The van der Waals surface area contributed by atoms with E-state index in [0.717, 1.165) is 37.2 Å². The highest BCUT2D eigenvalue weighted by molar-refractivity contribution is 5.89. The van der Waals surface area contributed by atoms with Crippen molar-refractivity contribution in [1.29, 1.82) is 0 Å². The molecule has 5 heteroatoms. The van der Waals surface area contributed by atoms with Crippen LogP contribution in [-0.2, 0) is 6.42 Å². The van der Waals surface area contributed by atoms with Gasteiger partial charge >= 0.3 is 5.97 Å². The van der Waals surface area contributed by atoms with Gasteiger partial charge < -0.3 is 10.0 Å². The number of hydrogen-bond acceptors (Lipinski definition) is 3. The highest BCUT2D eigenvalue weighted by atomic mass is 35.5. The third-order valence-corrected chi connectivity index (χ3v) is 3.31. The maximum Gasteiger partial charge on any atom is 0.337 e. The first-order chi connectivity index (χ1) is 8.06. The van der Waals surface area contributed by atoms with Crippen molar-refractivity contribution in [2.24, 2.45) is 5.92 Å². The Bertz CT molecular complexity index is 437. The number of nitrogens with zero attached hydrogens (tertiary/aromatic N) is 2. The normalized spacial score (nSPS) is 19.6. The molecule has 1 fully saturated rings. The monoisotopic (exact) mass is 270 g/mol. The predicted octanol–water partition coefficient (Wildman–Crippen LogP) is 2.00. The van der Waals surface area contributed by atoms with Gasteiger partial charge in [0, 0.05) is 12.7 Å². The van der Waals surface area contributed by atoms with Crippen LogP contribution in [0.25, 0.3) is 0 Å². The molecule has 1 aliphatic rings. The summed E-state index contributed by atoms with van der Waals surface area (Å²) in [4.78, 5) is 17.7. The molecule has 100 valence electrons. The number of carboxylic acids is 1. The highest BCUT2D eigenvalue weighted by Gasteiger charge is 2.22. The van der Waals surface area contributed by atoms with Gasteiger partial charge in [-0.2, -0.15) is 0 Å². The first kappa shape index (κ1) is 14.9. The minimum absolute atomic E-state index is 0. The number of aromatic carboxylic acids is 1. The first-order valence-electron chi connectivity index (χ1n) is 5.93. The van der Waals surface area contributed by atoms with Gasteiger partial charge in [-0.1, -0.05) is 0 Å². The van der Waals surface area contributed by atoms with Gasteiger partial charge in [-0.25, -0.2) is 4.79 Å². The molecule has 0 spiro atoms. The second kappa shape index (κ2) is 6.16. The fraction of sp³-hybridized carbons (Fsp3) is 0.538. The molecular formula is C13H19ClN2O2. The smallest absolute Gasteiger partial charge is 0.337 e. The van der Waals surface area contributed by atoms with Gasteiger partial charge in [0.15, 0.2) is 0 Å². The Hall–Kier alpha value is -1.13. The van der Waals surface area contributed by atoms with Crippen molar-refractivity contribution < 1.29 is 9.90 Å². The van der Waals surface area contributed by atoms with Crippen LogP contribution in [-0.4, -0.2) is 41.1 Å². The van der Waals surface area contributed by atoms with Gasteiger partial charge in [0.05, 0.1) is 11.3 Å². The summed E-state index contributed by atoms with van der Waals surface area (Å²) >= 11 is 0. The Morgan fingerprint density at radius 1 is 1.61 bits per heavy atom. The molecule has 1 aliphatic heterocycles. The molecule has 0 aromatic carbocycles. The Labute approximate surface area is 113 Å². The van der Waals surface area contributed by atoms with Gasteiger partial charge in [0.25, 0.3) is 0 Å². The summed E-state index contributed by atoms with van der Waals surface area (Å²) in [5, 5.41) is 9.17. The number of halogens is 1. The van der Waals surface area contributed by atoms with E-state index in [1.807, 2.05) is 6.92 Å². The second-order valence-electron chi connectivity index (χ2n) is 4.93. The van der Waals surface area contributed by atoms with Gasteiger partial charge in [-0.3, -0.25) is 4.98 Å². The topological polar surface area (TPSA) is 53.4 Å². The Balaban J connectivity index is 0.00000162. The van der Waals surface area contributed by atoms with Gasteiger partial charge in [-0.15, -0.1) is 12.4 Å². The van der Waals surface area contributed by atoms with Crippen LogP contribution in [0.2, 0.25) is 0 Å². The van der Waals surface area contributed by atoms with Crippen LogP contribution in [0.4, 0.5) is 0 Å². The van der Waals surface area contributed by atoms with E-state index in [1.54, 1.807) is 12.3 Å². The number of likely N-dealkylation sites (tertiary alicyclic amines) is 1. The first-order valence-corrected chi connectivity index (χ1v) is 5.93. The van der Waals surface area contributed by atoms with Crippen molar-refractivity contribution >= 4 is 18.4 Å². The lowest BCUT2D eigenvalue weighted by Crippen LogP contribution is -2.16. The molecule has 2 rings (SSSR count). The molecule has 1 aromatic rings. The van der Waals surface area contributed by atoms with E-state index in [2.05, 4.69) is 16.9 Å². The van der Waals surface area contributed by atoms with E-state index < -0.39 is 5.97 Å². The third kappa shape index (κ3) is 3.43. The summed E-state index contributed by atoms with van der Waals surface area (Å²) in [7, 11) is 2.10. The van der Waals surface area contributed by atoms with Crippen LogP contribution >= 0.6 is 12.4 Å². The molecule has 1 atom stereocenters. The zero-order valence-electron chi connectivity index (χ0n) is 10.7. The van der Waals surface area contributed by atoms with Crippen molar-refractivity contribution in [3.8, 4) is 0 Å². The van der Waals surface area contributed by atoms with Gasteiger partial charge in [0.2, 0.25) is 0 Å². The summed E-state index contributed by atoms with van der Waals surface area (Å²) in [5.41, 5.74) is 1.98. The van der Waals surface area contributed by atoms with Crippen molar-refractivity contribution in [3.05, 3.63) is 29.1 Å². The SMILES string of the molecule is Cc1cnc(CC2CCN(C)C2)c(C(=O)O)c1.Cl. The van der Waals surface area contributed by atoms with E-state index in [1.165, 1.54) is 0 Å². The van der Waals surface area contributed by atoms with Crippen LogP contribution in [0, 0.1) is 12.8 Å². The molecule has 2 heterocycles. The molecule has 18 heavy (non-hydrogen) atoms. The van der Waals surface area contributed by atoms with Crippen LogP contribution in [0.15, 0.2) is 12.3 Å². The van der Waals surface area contributed by atoms with Crippen molar-refractivity contribution in [2.75, 3.05) is 20.1 Å². The number of pyridine rings is 1. The zero-order chi connectivity index (χ0) is 12.4. The lowest BCUT2D eigenvalue weighted by molar-refractivity contribution is 0.0694. The molecule has 1 unspecified atom stereocenters. The lowest BCUT2D eigenvalue weighted by Gasteiger charge is -2.12. The molecular weight excluding hydrogens is 252 g/mol. The zero-order valence-corrected chi connectivity index (χ0v) is 11.5. The minimum Gasteiger partial charge on any atom is -0.478 e. The predicted molar refractivity (Wildman–Crippen MR) is 72.5 cm³/mol. The fourth-order valence-electron chi connectivity index (χ4n) is 2.41. The van der Waals surface area contributed by atoms with Gasteiger partial charge in [0.1, 0.15) is 0 Å². The summed E-state index contributed by atoms with van der Waals surface area (Å²) < 4.78 is 0. The maximum absolute atomic E-state index is 11.2. The van der Waals surface area contributed by atoms with Crippen molar-refractivity contribution in [1.82, 2.24) is 9.88 Å². The van der Waals surface area contributed by atoms with Crippen LogP contribution < -0.4 is 0 Å². The Kier molecular flexibility index (Phi) is 5.11. The molecule has 4 nitrogen and oxygen atoms in total. The van der Waals surface area contributed by atoms with E-state index >= 15 is 0 Å². The number of aryl methyl sites for hydroxylation is 1. The number of carboxylic acid groups (broad SMARTS) is 1. The van der Waals surface area contributed by atoms with E-state index in [-0.39, 0.29) is 12.4 Å². The lowest BCUT2D eigenvalue weighted by atomic mass is 9.98. The van der Waals surface area contributed by atoms with E-state index in [4.69, 9.17) is 5.11 Å². The molecule has 0 aliphatic carbocycles. The second-order valence-corrected chi connectivity index (χ2v) is 4.93. The number of rotatable bonds is 3. The summed E-state index contributed by atoms with van der Waals surface area (Å²) in [6.45, 7) is 4.00. The minimum atomic E-state index is -0.873. The largest absolute Gasteiger partial charge is 0.478 e.